The SMILES string of the molecule is CCc1c(C(=O)N2[C@H]3CCNC[C@@H]2CC3)csc1C. The number of carbonyl (C=O) groups is 1. The minimum atomic E-state index is 0.275. The van der Waals surface area contributed by atoms with Crippen molar-refractivity contribution in [1.29, 1.82) is 0 Å². The quantitative estimate of drug-likeness (QED) is 0.902. The first kappa shape index (κ1) is 13.1. The Bertz CT molecular complexity index is 468. The van der Waals surface area contributed by atoms with Crippen LogP contribution in [-0.4, -0.2) is 36.0 Å². The summed E-state index contributed by atoms with van der Waals surface area (Å²) >= 11 is 1.71. The first-order chi connectivity index (χ1) is 9.22. The van der Waals surface area contributed by atoms with E-state index in [1.54, 1.807) is 11.3 Å². The summed E-state index contributed by atoms with van der Waals surface area (Å²) < 4.78 is 0. The highest BCUT2D eigenvalue weighted by atomic mass is 32.1. The van der Waals surface area contributed by atoms with Gasteiger partial charge in [0, 0.05) is 28.9 Å². The molecule has 2 atom stereocenters. The Balaban J connectivity index is 1.90. The summed E-state index contributed by atoms with van der Waals surface area (Å²) in [5, 5.41) is 5.52. The van der Waals surface area contributed by atoms with Crippen molar-refractivity contribution in [2.24, 2.45) is 0 Å². The average Bonchev–Trinajstić information content (AvgIpc) is 2.87. The molecule has 2 bridgehead atoms. The molecule has 2 aliphatic heterocycles. The number of amides is 1. The lowest BCUT2D eigenvalue weighted by Crippen LogP contribution is -2.42. The highest BCUT2D eigenvalue weighted by Crippen LogP contribution is 2.32. The summed E-state index contributed by atoms with van der Waals surface area (Å²) in [5.41, 5.74) is 2.22. The summed E-state index contributed by atoms with van der Waals surface area (Å²) in [6.07, 6.45) is 4.40. The van der Waals surface area contributed by atoms with Crippen molar-refractivity contribution in [2.75, 3.05) is 13.1 Å². The van der Waals surface area contributed by atoms with Crippen LogP contribution in [0, 0.1) is 6.92 Å². The van der Waals surface area contributed by atoms with Gasteiger partial charge in [0.05, 0.1) is 5.56 Å². The molecule has 1 amide bonds. The Morgan fingerprint density at radius 3 is 3.00 bits per heavy atom. The fourth-order valence-corrected chi connectivity index (χ4v) is 4.49. The molecule has 0 spiro atoms. The number of nitrogens with one attached hydrogen (secondary N) is 1. The monoisotopic (exact) mass is 278 g/mol. The van der Waals surface area contributed by atoms with Gasteiger partial charge in [0.1, 0.15) is 0 Å². The molecule has 3 nitrogen and oxygen atoms in total. The van der Waals surface area contributed by atoms with Crippen LogP contribution in [0.25, 0.3) is 0 Å². The van der Waals surface area contributed by atoms with Gasteiger partial charge in [-0.25, -0.2) is 0 Å². The lowest BCUT2D eigenvalue weighted by Gasteiger charge is -2.28. The maximum absolute atomic E-state index is 12.9. The molecule has 2 fully saturated rings. The number of fused-ring (bicyclic) bond motifs is 2. The van der Waals surface area contributed by atoms with Gasteiger partial charge in [-0.3, -0.25) is 4.79 Å². The molecule has 0 unspecified atom stereocenters. The molecule has 3 heterocycles. The van der Waals surface area contributed by atoms with E-state index in [-0.39, 0.29) is 5.91 Å². The third-order valence-corrected chi connectivity index (χ3v) is 5.53. The topological polar surface area (TPSA) is 32.3 Å². The maximum atomic E-state index is 12.9. The van der Waals surface area contributed by atoms with E-state index >= 15 is 0 Å². The molecular formula is C15H22N2OS. The Morgan fingerprint density at radius 2 is 2.21 bits per heavy atom. The van der Waals surface area contributed by atoms with Crippen molar-refractivity contribution in [1.82, 2.24) is 10.2 Å². The number of hydrogen-bond donors (Lipinski definition) is 1. The highest BCUT2D eigenvalue weighted by molar-refractivity contribution is 7.10. The fraction of sp³-hybridized carbons (Fsp3) is 0.667. The zero-order valence-corrected chi connectivity index (χ0v) is 12.6. The second-order valence-corrected chi connectivity index (χ2v) is 6.71. The number of nitrogens with zero attached hydrogens (tertiary/aromatic N) is 1. The molecule has 19 heavy (non-hydrogen) atoms. The molecule has 0 saturated carbocycles. The molecule has 4 heteroatoms. The fourth-order valence-electron chi connectivity index (χ4n) is 3.55. The summed E-state index contributed by atoms with van der Waals surface area (Å²) in [6, 6.07) is 0.863. The van der Waals surface area contributed by atoms with E-state index in [1.807, 2.05) is 0 Å². The molecule has 104 valence electrons. The van der Waals surface area contributed by atoms with E-state index in [0.717, 1.165) is 37.9 Å². The van der Waals surface area contributed by atoms with Gasteiger partial charge in [-0.1, -0.05) is 6.92 Å². The predicted octanol–water partition coefficient (Wildman–Crippen LogP) is 2.59. The standard InChI is InChI=1S/C15H22N2OS/c1-3-13-10(2)19-9-14(13)15(18)17-11-4-5-12(17)8-16-7-6-11/h9,11-12,16H,3-8H2,1-2H3/t11-,12+/m1/s1. The number of carbonyl (C=O) groups excluding carboxylic acids is 1. The van der Waals surface area contributed by atoms with Gasteiger partial charge in [0.2, 0.25) is 0 Å². The Labute approximate surface area is 119 Å². The summed E-state index contributed by atoms with van der Waals surface area (Å²) in [4.78, 5) is 16.4. The number of aryl methyl sites for hydroxylation is 1. The van der Waals surface area contributed by atoms with Gasteiger partial charge >= 0.3 is 0 Å². The normalized spacial score (nSPS) is 26.5. The van der Waals surface area contributed by atoms with Gasteiger partial charge in [0.15, 0.2) is 0 Å². The molecule has 1 aromatic heterocycles. The van der Waals surface area contributed by atoms with Crippen molar-refractivity contribution in [3.63, 3.8) is 0 Å². The Hall–Kier alpha value is -0.870. The number of rotatable bonds is 2. The highest BCUT2D eigenvalue weighted by Gasteiger charge is 2.39. The smallest absolute Gasteiger partial charge is 0.255 e. The van der Waals surface area contributed by atoms with Crippen molar-refractivity contribution in [3.05, 3.63) is 21.4 Å². The van der Waals surface area contributed by atoms with Crippen LogP contribution in [0.15, 0.2) is 5.38 Å². The molecule has 2 saturated heterocycles. The van der Waals surface area contributed by atoms with E-state index in [9.17, 15) is 4.79 Å². The van der Waals surface area contributed by atoms with Crippen LogP contribution in [0.5, 0.6) is 0 Å². The summed E-state index contributed by atoms with van der Waals surface area (Å²) in [7, 11) is 0. The van der Waals surface area contributed by atoms with Crippen LogP contribution in [0.1, 0.15) is 47.0 Å². The molecule has 3 rings (SSSR count). The summed E-state index contributed by atoms with van der Waals surface area (Å²) in [5.74, 6) is 0.275. The lowest BCUT2D eigenvalue weighted by atomic mass is 10.1. The summed E-state index contributed by atoms with van der Waals surface area (Å²) in [6.45, 7) is 6.28. The first-order valence-corrected chi connectivity index (χ1v) is 8.20. The minimum Gasteiger partial charge on any atom is -0.331 e. The van der Waals surface area contributed by atoms with Gasteiger partial charge in [0.25, 0.3) is 5.91 Å². The van der Waals surface area contributed by atoms with Crippen molar-refractivity contribution < 1.29 is 4.79 Å². The second kappa shape index (κ2) is 5.25. The lowest BCUT2D eigenvalue weighted by molar-refractivity contribution is 0.0679. The predicted molar refractivity (Wildman–Crippen MR) is 78.9 cm³/mol. The van der Waals surface area contributed by atoms with Crippen molar-refractivity contribution in [2.45, 2.75) is 51.6 Å². The third-order valence-electron chi connectivity index (χ3n) is 4.58. The molecular weight excluding hydrogens is 256 g/mol. The van der Waals surface area contributed by atoms with Gasteiger partial charge in [-0.15, -0.1) is 11.3 Å². The first-order valence-electron chi connectivity index (χ1n) is 7.32. The zero-order chi connectivity index (χ0) is 13.4. The average molecular weight is 278 g/mol. The van der Waals surface area contributed by atoms with E-state index in [2.05, 4.69) is 29.4 Å². The maximum Gasteiger partial charge on any atom is 0.255 e. The van der Waals surface area contributed by atoms with Crippen LogP contribution in [0.2, 0.25) is 0 Å². The van der Waals surface area contributed by atoms with E-state index in [1.165, 1.54) is 16.9 Å². The van der Waals surface area contributed by atoms with Crippen LogP contribution >= 0.6 is 11.3 Å². The van der Waals surface area contributed by atoms with Gasteiger partial charge in [-0.2, -0.15) is 0 Å². The molecule has 2 aliphatic rings. The van der Waals surface area contributed by atoms with Gasteiger partial charge in [-0.05, 0) is 44.7 Å². The molecule has 0 aromatic carbocycles. The van der Waals surface area contributed by atoms with Crippen LogP contribution in [-0.2, 0) is 6.42 Å². The zero-order valence-electron chi connectivity index (χ0n) is 11.7. The molecule has 1 N–H and O–H groups in total. The van der Waals surface area contributed by atoms with Crippen LogP contribution < -0.4 is 5.32 Å². The molecule has 1 aromatic rings. The number of thiophene rings is 1. The van der Waals surface area contributed by atoms with Crippen LogP contribution in [0.3, 0.4) is 0 Å². The van der Waals surface area contributed by atoms with Gasteiger partial charge < -0.3 is 10.2 Å². The minimum absolute atomic E-state index is 0.275. The molecule has 0 radical (unpaired) electrons. The van der Waals surface area contributed by atoms with E-state index in [4.69, 9.17) is 0 Å². The largest absolute Gasteiger partial charge is 0.331 e. The second-order valence-electron chi connectivity index (χ2n) is 5.63. The van der Waals surface area contributed by atoms with Crippen molar-refractivity contribution >= 4 is 17.2 Å². The Kier molecular flexibility index (Phi) is 3.63. The number of hydrogen-bond acceptors (Lipinski definition) is 3. The van der Waals surface area contributed by atoms with E-state index < -0.39 is 0 Å². The Morgan fingerprint density at radius 1 is 1.42 bits per heavy atom. The van der Waals surface area contributed by atoms with Crippen molar-refractivity contribution in [3.8, 4) is 0 Å². The van der Waals surface area contributed by atoms with Crippen LogP contribution in [0.4, 0.5) is 0 Å². The molecule has 0 aliphatic carbocycles. The third kappa shape index (κ3) is 2.21. The van der Waals surface area contributed by atoms with E-state index in [0.29, 0.717) is 12.1 Å².